The maximum Gasteiger partial charge on any atom is 0.246 e. The van der Waals surface area contributed by atoms with Crippen LogP contribution in [-0.2, 0) is 11.3 Å². The molecule has 0 atom stereocenters. The maximum absolute atomic E-state index is 11.9. The number of benzene rings is 1. The summed E-state index contributed by atoms with van der Waals surface area (Å²) in [5.74, 6) is -0.311. The zero-order chi connectivity index (χ0) is 14.7. The van der Waals surface area contributed by atoms with E-state index in [2.05, 4.69) is 15.6 Å². The molecule has 0 aliphatic carbocycles. The topological polar surface area (TPSA) is 76.9 Å². The van der Waals surface area contributed by atoms with Crippen molar-refractivity contribution in [1.82, 2.24) is 15.0 Å². The highest BCUT2D eigenvalue weighted by molar-refractivity contribution is 6.42. The fourth-order valence-electron chi connectivity index (χ4n) is 1.54. The Kier molecular flexibility index (Phi) is 4.36. The van der Waals surface area contributed by atoms with Gasteiger partial charge in [-0.1, -0.05) is 28.4 Å². The highest BCUT2D eigenvalue weighted by atomic mass is 35.5. The first-order chi connectivity index (χ1) is 9.51. The number of anilines is 1. The Labute approximate surface area is 124 Å². The second kappa shape index (κ2) is 6.02. The molecule has 2 rings (SSSR count). The van der Waals surface area contributed by atoms with E-state index in [-0.39, 0.29) is 18.1 Å². The first kappa shape index (κ1) is 14.5. The van der Waals surface area contributed by atoms with Crippen molar-refractivity contribution in [2.75, 3.05) is 5.32 Å². The van der Waals surface area contributed by atoms with Crippen LogP contribution in [0.3, 0.4) is 0 Å². The number of hydrogen-bond donors (Lipinski definition) is 1. The molecule has 0 bridgehead atoms. The summed E-state index contributed by atoms with van der Waals surface area (Å²) in [4.78, 5) is 22.5. The van der Waals surface area contributed by atoms with Crippen molar-refractivity contribution in [3.63, 3.8) is 0 Å². The highest BCUT2D eigenvalue weighted by Gasteiger charge is 2.11. The third-order valence-corrected chi connectivity index (χ3v) is 3.37. The summed E-state index contributed by atoms with van der Waals surface area (Å²) in [6.07, 6.45) is 0.593. The van der Waals surface area contributed by atoms with E-state index in [0.717, 1.165) is 0 Å². The Morgan fingerprint density at radius 3 is 2.75 bits per heavy atom. The quantitative estimate of drug-likeness (QED) is 0.879. The number of halogens is 2. The van der Waals surface area contributed by atoms with E-state index in [1.54, 1.807) is 25.1 Å². The minimum absolute atomic E-state index is 0.0487. The van der Waals surface area contributed by atoms with Crippen molar-refractivity contribution in [3.8, 4) is 0 Å². The molecule has 1 N–H and O–H groups in total. The van der Waals surface area contributed by atoms with E-state index >= 15 is 0 Å². The van der Waals surface area contributed by atoms with E-state index < -0.39 is 0 Å². The molecule has 0 saturated carbocycles. The number of nitrogens with zero attached hydrogens (tertiary/aromatic N) is 3. The lowest BCUT2D eigenvalue weighted by Crippen LogP contribution is -2.20. The van der Waals surface area contributed by atoms with E-state index in [4.69, 9.17) is 23.2 Å². The minimum atomic E-state index is -0.311. The lowest BCUT2D eigenvalue weighted by molar-refractivity contribution is -0.117. The molecule has 2 aromatic rings. The number of aldehydes is 1. The highest BCUT2D eigenvalue weighted by Crippen LogP contribution is 2.24. The largest absolute Gasteiger partial charge is 0.324 e. The van der Waals surface area contributed by atoms with E-state index in [1.807, 2.05) is 0 Å². The molecule has 8 heteroatoms. The fraction of sp³-hybridized carbons (Fsp3) is 0.167. The Bertz CT molecular complexity index is 669. The van der Waals surface area contributed by atoms with Crippen LogP contribution in [-0.4, -0.2) is 27.2 Å². The second-order valence-corrected chi connectivity index (χ2v) is 4.83. The normalized spacial score (nSPS) is 10.3. The van der Waals surface area contributed by atoms with Crippen LogP contribution >= 0.6 is 23.2 Å². The van der Waals surface area contributed by atoms with Gasteiger partial charge in [0.2, 0.25) is 5.91 Å². The zero-order valence-electron chi connectivity index (χ0n) is 10.4. The molecule has 0 spiro atoms. The molecule has 0 unspecified atom stereocenters. The lowest BCUT2D eigenvalue weighted by atomic mass is 10.3. The standard InChI is InChI=1S/C12H10Cl2N4O2/c1-7-11(6-19)16-17-18(7)5-12(20)15-8-2-3-9(13)10(14)4-8/h2-4,6H,5H2,1H3,(H,15,20). The molecule has 0 aliphatic rings. The zero-order valence-corrected chi connectivity index (χ0v) is 11.9. The van der Waals surface area contributed by atoms with Gasteiger partial charge in [-0.2, -0.15) is 0 Å². The summed E-state index contributed by atoms with van der Waals surface area (Å²) in [7, 11) is 0. The molecule has 1 aromatic heterocycles. The van der Waals surface area contributed by atoms with E-state index in [1.165, 1.54) is 4.68 Å². The summed E-state index contributed by atoms with van der Waals surface area (Å²) < 4.78 is 1.34. The maximum atomic E-state index is 11.9. The third kappa shape index (κ3) is 3.15. The predicted octanol–water partition coefficient (Wildman–Crippen LogP) is 2.34. The van der Waals surface area contributed by atoms with Crippen LogP contribution in [0.2, 0.25) is 10.0 Å². The number of aromatic nitrogens is 3. The van der Waals surface area contributed by atoms with Gasteiger partial charge >= 0.3 is 0 Å². The van der Waals surface area contributed by atoms with Crippen molar-refractivity contribution >= 4 is 41.1 Å². The van der Waals surface area contributed by atoms with Gasteiger partial charge in [-0.3, -0.25) is 9.59 Å². The molecule has 1 heterocycles. The summed E-state index contributed by atoms with van der Waals surface area (Å²) in [5, 5.41) is 10.8. The Balaban J connectivity index is 2.06. The van der Waals surface area contributed by atoms with Crippen LogP contribution in [0.25, 0.3) is 0 Å². The van der Waals surface area contributed by atoms with Crippen molar-refractivity contribution in [1.29, 1.82) is 0 Å². The van der Waals surface area contributed by atoms with Crippen molar-refractivity contribution in [2.24, 2.45) is 0 Å². The van der Waals surface area contributed by atoms with Gasteiger partial charge < -0.3 is 5.32 Å². The Morgan fingerprint density at radius 2 is 2.15 bits per heavy atom. The Hall–Kier alpha value is -1.92. The molecule has 0 saturated heterocycles. The van der Waals surface area contributed by atoms with Gasteiger partial charge in [0.1, 0.15) is 12.2 Å². The van der Waals surface area contributed by atoms with Gasteiger partial charge in [-0.05, 0) is 25.1 Å². The average molecular weight is 313 g/mol. The van der Waals surface area contributed by atoms with Gasteiger partial charge in [-0.25, -0.2) is 4.68 Å². The molecular weight excluding hydrogens is 303 g/mol. The van der Waals surface area contributed by atoms with Crippen LogP contribution in [0.5, 0.6) is 0 Å². The summed E-state index contributed by atoms with van der Waals surface area (Å²) >= 11 is 11.6. The number of carbonyl (C=O) groups excluding carboxylic acids is 2. The number of nitrogens with one attached hydrogen (secondary N) is 1. The smallest absolute Gasteiger partial charge is 0.246 e. The van der Waals surface area contributed by atoms with Gasteiger partial charge in [0.25, 0.3) is 0 Å². The molecule has 1 aromatic carbocycles. The van der Waals surface area contributed by atoms with Gasteiger partial charge in [0, 0.05) is 5.69 Å². The number of hydrogen-bond acceptors (Lipinski definition) is 4. The van der Waals surface area contributed by atoms with Crippen LogP contribution in [0.4, 0.5) is 5.69 Å². The third-order valence-electron chi connectivity index (χ3n) is 2.63. The van der Waals surface area contributed by atoms with Crippen LogP contribution in [0.1, 0.15) is 16.2 Å². The predicted molar refractivity (Wildman–Crippen MR) is 75.2 cm³/mol. The number of amides is 1. The van der Waals surface area contributed by atoms with Crippen LogP contribution in [0.15, 0.2) is 18.2 Å². The molecule has 20 heavy (non-hydrogen) atoms. The fourth-order valence-corrected chi connectivity index (χ4v) is 1.84. The van der Waals surface area contributed by atoms with Gasteiger partial charge in [0.15, 0.2) is 6.29 Å². The second-order valence-electron chi connectivity index (χ2n) is 4.01. The first-order valence-corrected chi connectivity index (χ1v) is 6.37. The molecule has 1 amide bonds. The number of carbonyl (C=O) groups is 2. The molecule has 0 radical (unpaired) electrons. The van der Waals surface area contributed by atoms with Gasteiger partial charge in [0.05, 0.1) is 15.7 Å². The molecule has 0 aliphatic heterocycles. The van der Waals surface area contributed by atoms with Crippen LogP contribution < -0.4 is 5.32 Å². The van der Waals surface area contributed by atoms with Gasteiger partial charge in [-0.15, -0.1) is 5.10 Å². The summed E-state index contributed by atoms with van der Waals surface area (Å²) in [6.45, 7) is 1.61. The molecule has 6 nitrogen and oxygen atoms in total. The van der Waals surface area contributed by atoms with E-state index in [0.29, 0.717) is 27.7 Å². The lowest BCUT2D eigenvalue weighted by Gasteiger charge is -2.07. The molecule has 0 fully saturated rings. The average Bonchev–Trinajstić information content (AvgIpc) is 2.75. The SMILES string of the molecule is Cc1c(C=O)nnn1CC(=O)Nc1ccc(Cl)c(Cl)c1. The summed E-state index contributed by atoms with van der Waals surface area (Å²) in [6, 6.07) is 4.77. The summed E-state index contributed by atoms with van der Waals surface area (Å²) in [5.41, 5.74) is 1.27. The molecular formula is C12H10Cl2N4O2. The van der Waals surface area contributed by atoms with E-state index in [9.17, 15) is 9.59 Å². The first-order valence-electron chi connectivity index (χ1n) is 5.61. The minimum Gasteiger partial charge on any atom is -0.324 e. The monoisotopic (exact) mass is 312 g/mol. The Morgan fingerprint density at radius 1 is 1.40 bits per heavy atom. The van der Waals surface area contributed by atoms with Crippen molar-refractivity contribution in [2.45, 2.75) is 13.5 Å². The van der Waals surface area contributed by atoms with Crippen molar-refractivity contribution < 1.29 is 9.59 Å². The molecule has 104 valence electrons. The van der Waals surface area contributed by atoms with Crippen LogP contribution in [0, 0.1) is 6.92 Å². The van der Waals surface area contributed by atoms with Crippen molar-refractivity contribution in [3.05, 3.63) is 39.6 Å². The number of rotatable bonds is 4.